The van der Waals surface area contributed by atoms with E-state index in [4.69, 9.17) is 0 Å². The van der Waals surface area contributed by atoms with Gasteiger partial charge in [0, 0.05) is 26.1 Å². The number of hydrogen-bond acceptors (Lipinski definition) is 3. The largest absolute Gasteiger partial charge is 0.355 e. The number of carbonyl (C=O) groups excluding carboxylic acids is 2. The van der Waals surface area contributed by atoms with Gasteiger partial charge >= 0.3 is 0 Å². The zero-order valence-electron chi connectivity index (χ0n) is 15.7. The van der Waals surface area contributed by atoms with Gasteiger partial charge < -0.3 is 15.5 Å². The maximum Gasteiger partial charge on any atom is 0.225 e. The zero-order chi connectivity index (χ0) is 17.9. The third-order valence-corrected chi connectivity index (χ3v) is 5.58. The monoisotopic (exact) mass is 379 g/mol. The van der Waals surface area contributed by atoms with Crippen molar-refractivity contribution in [2.75, 3.05) is 26.2 Å². The number of likely N-dealkylation sites (tertiary alicyclic amines) is 1. The molecule has 0 aromatic heterocycles. The lowest BCUT2D eigenvalue weighted by atomic mass is 9.81. The second-order valence-electron chi connectivity index (χ2n) is 7.94. The van der Waals surface area contributed by atoms with Crippen molar-refractivity contribution in [2.24, 2.45) is 11.3 Å². The normalized spacial score (nSPS) is 22.0. The molecule has 2 aliphatic heterocycles. The van der Waals surface area contributed by atoms with Crippen LogP contribution in [0, 0.1) is 18.3 Å². The van der Waals surface area contributed by atoms with Crippen LogP contribution in [-0.4, -0.2) is 42.9 Å². The minimum Gasteiger partial charge on any atom is -0.355 e. The Balaban J connectivity index is 0.00000243. The number of aryl methyl sites for hydroxylation is 1. The molecule has 0 spiro atoms. The molecule has 1 aromatic rings. The molecule has 0 bridgehead atoms. The molecule has 0 radical (unpaired) electrons. The first-order chi connectivity index (χ1) is 12.0. The summed E-state index contributed by atoms with van der Waals surface area (Å²) >= 11 is 0. The van der Waals surface area contributed by atoms with E-state index in [0.29, 0.717) is 26.1 Å². The van der Waals surface area contributed by atoms with E-state index >= 15 is 0 Å². The Morgan fingerprint density at radius 3 is 2.58 bits per heavy atom. The van der Waals surface area contributed by atoms with Crippen LogP contribution in [0.4, 0.5) is 0 Å². The van der Waals surface area contributed by atoms with E-state index in [2.05, 4.69) is 29.7 Å². The van der Waals surface area contributed by atoms with Crippen LogP contribution in [0.15, 0.2) is 24.3 Å². The molecular formula is C20H30ClN3O2. The van der Waals surface area contributed by atoms with Crippen molar-refractivity contribution in [1.82, 2.24) is 15.5 Å². The number of carbonyl (C=O) groups is 2. The molecule has 2 saturated heterocycles. The molecule has 1 atom stereocenters. The van der Waals surface area contributed by atoms with E-state index in [1.54, 1.807) is 4.90 Å². The Hall–Kier alpha value is -1.59. The number of nitrogens with one attached hydrogen (secondary N) is 2. The highest BCUT2D eigenvalue weighted by atomic mass is 35.5. The molecule has 2 aliphatic rings. The second-order valence-corrected chi connectivity index (χ2v) is 7.94. The minimum atomic E-state index is -0.219. The van der Waals surface area contributed by atoms with Crippen molar-refractivity contribution in [1.29, 1.82) is 0 Å². The van der Waals surface area contributed by atoms with Gasteiger partial charge in [-0.15, -0.1) is 12.4 Å². The topological polar surface area (TPSA) is 61.4 Å². The van der Waals surface area contributed by atoms with Gasteiger partial charge in [0.25, 0.3) is 0 Å². The summed E-state index contributed by atoms with van der Waals surface area (Å²) in [6, 6.07) is 8.21. The molecule has 2 heterocycles. The van der Waals surface area contributed by atoms with E-state index in [1.807, 2.05) is 19.1 Å². The number of hydrogen-bond donors (Lipinski definition) is 2. The Labute approximate surface area is 162 Å². The lowest BCUT2D eigenvalue weighted by Crippen LogP contribution is -2.44. The van der Waals surface area contributed by atoms with Gasteiger partial charge in [0.1, 0.15) is 0 Å². The molecule has 0 saturated carbocycles. The molecule has 144 valence electrons. The standard InChI is InChI=1S/C20H29N3O2.ClH/c1-15-3-5-16(6-4-15)12-23-13-17(11-18(23)24)19(25)22-14-20(2)7-9-21-10-8-20;/h3-6,17,21H,7-14H2,1-2H3,(H,22,25);1H. The Morgan fingerprint density at radius 2 is 1.92 bits per heavy atom. The van der Waals surface area contributed by atoms with E-state index in [0.717, 1.165) is 31.5 Å². The van der Waals surface area contributed by atoms with Gasteiger partial charge in [-0.2, -0.15) is 0 Å². The van der Waals surface area contributed by atoms with E-state index in [1.165, 1.54) is 5.56 Å². The smallest absolute Gasteiger partial charge is 0.225 e. The number of nitrogens with zero attached hydrogens (tertiary/aromatic N) is 1. The Bertz CT molecular complexity index is 626. The second kappa shape index (κ2) is 8.87. The van der Waals surface area contributed by atoms with E-state index in [9.17, 15) is 9.59 Å². The van der Waals surface area contributed by atoms with Crippen LogP contribution in [0.25, 0.3) is 0 Å². The fourth-order valence-electron chi connectivity index (χ4n) is 3.67. The third-order valence-electron chi connectivity index (χ3n) is 5.58. The molecular weight excluding hydrogens is 350 g/mol. The number of rotatable bonds is 5. The van der Waals surface area contributed by atoms with Gasteiger partial charge in [-0.3, -0.25) is 9.59 Å². The molecule has 2 amide bonds. The molecule has 0 aliphatic carbocycles. The van der Waals surface area contributed by atoms with Crippen molar-refractivity contribution in [3.05, 3.63) is 35.4 Å². The minimum absolute atomic E-state index is 0. The number of benzene rings is 1. The van der Waals surface area contributed by atoms with Crippen molar-refractivity contribution >= 4 is 24.2 Å². The lowest BCUT2D eigenvalue weighted by molar-refractivity contribution is -0.129. The molecule has 26 heavy (non-hydrogen) atoms. The molecule has 1 unspecified atom stereocenters. The average molecular weight is 380 g/mol. The van der Waals surface area contributed by atoms with Crippen molar-refractivity contribution < 1.29 is 9.59 Å². The van der Waals surface area contributed by atoms with Crippen LogP contribution < -0.4 is 10.6 Å². The lowest BCUT2D eigenvalue weighted by Gasteiger charge is -2.34. The summed E-state index contributed by atoms with van der Waals surface area (Å²) in [5.74, 6) is -0.114. The summed E-state index contributed by atoms with van der Waals surface area (Å²) in [5, 5.41) is 6.46. The summed E-state index contributed by atoms with van der Waals surface area (Å²) in [6.07, 6.45) is 2.49. The zero-order valence-corrected chi connectivity index (χ0v) is 16.5. The van der Waals surface area contributed by atoms with Crippen LogP contribution in [0.5, 0.6) is 0 Å². The van der Waals surface area contributed by atoms with Crippen molar-refractivity contribution in [3.63, 3.8) is 0 Å². The van der Waals surface area contributed by atoms with Gasteiger partial charge in [0.05, 0.1) is 5.92 Å². The molecule has 2 N–H and O–H groups in total. The SMILES string of the molecule is Cc1ccc(CN2CC(C(=O)NCC3(C)CCNCC3)CC2=O)cc1.Cl. The van der Waals surface area contributed by atoms with Gasteiger partial charge in [-0.25, -0.2) is 0 Å². The van der Waals surface area contributed by atoms with Gasteiger partial charge in [0.2, 0.25) is 11.8 Å². The first-order valence-electron chi connectivity index (χ1n) is 9.27. The quantitative estimate of drug-likeness (QED) is 0.825. The summed E-state index contributed by atoms with van der Waals surface area (Å²) in [7, 11) is 0. The fraction of sp³-hybridized carbons (Fsp3) is 0.600. The number of halogens is 1. The van der Waals surface area contributed by atoms with Gasteiger partial charge in [-0.05, 0) is 43.8 Å². The molecule has 2 fully saturated rings. The van der Waals surface area contributed by atoms with Crippen LogP contribution in [0.1, 0.15) is 37.3 Å². The Morgan fingerprint density at radius 1 is 1.27 bits per heavy atom. The van der Waals surface area contributed by atoms with Crippen molar-refractivity contribution in [2.45, 2.75) is 39.7 Å². The number of piperidine rings is 1. The molecule has 3 rings (SSSR count). The summed E-state index contributed by atoms with van der Waals surface area (Å²) < 4.78 is 0. The number of amides is 2. The van der Waals surface area contributed by atoms with Crippen LogP contribution >= 0.6 is 12.4 Å². The third kappa shape index (κ3) is 5.21. The van der Waals surface area contributed by atoms with Crippen LogP contribution in [-0.2, 0) is 16.1 Å². The highest BCUT2D eigenvalue weighted by Gasteiger charge is 2.35. The van der Waals surface area contributed by atoms with Crippen LogP contribution in [0.2, 0.25) is 0 Å². The van der Waals surface area contributed by atoms with Gasteiger partial charge in [0.15, 0.2) is 0 Å². The van der Waals surface area contributed by atoms with E-state index < -0.39 is 0 Å². The first-order valence-corrected chi connectivity index (χ1v) is 9.27. The Kier molecular flexibility index (Phi) is 7.07. The van der Waals surface area contributed by atoms with Crippen molar-refractivity contribution in [3.8, 4) is 0 Å². The molecule has 1 aromatic carbocycles. The highest BCUT2D eigenvalue weighted by Crippen LogP contribution is 2.27. The predicted molar refractivity (Wildman–Crippen MR) is 105 cm³/mol. The maximum atomic E-state index is 12.5. The average Bonchev–Trinajstić information content (AvgIpc) is 2.96. The highest BCUT2D eigenvalue weighted by molar-refractivity contribution is 5.89. The maximum absolute atomic E-state index is 12.5. The summed E-state index contributed by atoms with van der Waals surface area (Å²) in [5.41, 5.74) is 2.49. The summed E-state index contributed by atoms with van der Waals surface area (Å²) in [6.45, 7) is 8.13. The fourth-order valence-corrected chi connectivity index (χ4v) is 3.67. The first kappa shape index (κ1) is 20.7. The summed E-state index contributed by atoms with van der Waals surface area (Å²) in [4.78, 5) is 26.6. The van der Waals surface area contributed by atoms with E-state index in [-0.39, 0.29) is 35.6 Å². The predicted octanol–water partition coefficient (Wildman–Crippen LogP) is 2.27. The molecule has 5 nitrogen and oxygen atoms in total. The van der Waals surface area contributed by atoms with Crippen LogP contribution in [0.3, 0.4) is 0 Å². The van der Waals surface area contributed by atoms with Gasteiger partial charge in [-0.1, -0.05) is 36.8 Å². The molecule has 6 heteroatoms.